The predicted octanol–water partition coefficient (Wildman–Crippen LogP) is 1.81. The number of hydrogen-bond donors (Lipinski definition) is 1. The van der Waals surface area contributed by atoms with Gasteiger partial charge in [-0.25, -0.2) is 0 Å². The Hall–Kier alpha value is -1.42. The molecular formula is C12H14ClNO3. The van der Waals surface area contributed by atoms with Gasteiger partial charge in [-0.1, -0.05) is 0 Å². The van der Waals surface area contributed by atoms with Crippen LogP contribution in [0, 0.1) is 0 Å². The molecule has 17 heavy (non-hydrogen) atoms. The van der Waals surface area contributed by atoms with Crippen LogP contribution in [-0.4, -0.2) is 31.0 Å². The lowest BCUT2D eigenvalue weighted by atomic mass is 10.2. The van der Waals surface area contributed by atoms with Crippen LogP contribution in [0.3, 0.4) is 0 Å². The Kier molecular flexibility index (Phi) is 3.74. The fourth-order valence-electron chi connectivity index (χ4n) is 1.52. The Morgan fingerprint density at radius 2 is 2.12 bits per heavy atom. The van der Waals surface area contributed by atoms with Gasteiger partial charge in [-0.3, -0.25) is 4.79 Å². The van der Waals surface area contributed by atoms with E-state index in [0.29, 0.717) is 36.8 Å². The monoisotopic (exact) mass is 255 g/mol. The van der Waals surface area contributed by atoms with Crippen LogP contribution in [0.1, 0.15) is 17.3 Å². The van der Waals surface area contributed by atoms with Crippen LogP contribution in [0.25, 0.3) is 0 Å². The number of carbonyl (C=O) groups excluding carboxylic acids is 1. The fourth-order valence-corrected chi connectivity index (χ4v) is 1.60. The molecule has 1 atom stereocenters. The van der Waals surface area contributed by atoms with Crippen molar-refractivity contribution in [2.45, 2.75) is 12.3 Å². The zero-order valence-electron chi connectivity index (χ0n) is 9.53. The van der Waals surface area contributed by atoms with E-state index in [1.807, 2.05) is 6.92 Å². The van der Waals surface area contributed by atoms with Gasteiger partial charge in [0.15, 0.2) is 11.5 Å². The van der Waals surface area contributed by atoms with E-state index in [9.17, 15) is 4.79 Å². The summed E-state index contributed by atoms with van der Waals surface area (Å²) in [5, 5.41) is 2.65. The number of nitrogens with one attached hydrogen (secondary N) is 1. The largest absolute Gasteiger partial charge is 0.486 e. The first-order valence-corrected chi connectivity index (χ1v) is 5.92. The number of amides is 1. The molecule has 5 heteroatoms. The van der Waals surface area contributed by atoms with Crippen LogP contribution < -0.4 is 14.8 Å². The summed E-state index contributed by atoms with van der Waals surface area (Å²) in [6.45, 7) is 3.32. The number of carbonyl (C=O) groups is 1. The number of halogens is 1. The van der Waals surface area contributed by atoms with Crippen molar-refractivity contribution < 1.29 is 14.3 Å². The third-order valence-electron chi connectivity index (χ3n) is 2.35. The summed E-state index contributed by atoms with van der Waals surface area (Å²) in [4.78, 5) is 11.8. The van der Waals surface area contributed by atoms with E-state index in [4.69, 9.17) is 21.1 Å². The molecule has 0 radical (unpaired) electrons. The second-order valence-electron chi connectivity index (χ2n) is 3.85. The lowest BCUT2D eigenvalue weighted by Gasteiger charge is -2.18. The van der Waals surface area contributed by atoms with E-state index >= 15 is 0 Å². The molecule has 0 aromatic heterocycles. The van der Waals surface area contributed by atoms with E-state index in [-0.39, 0.29) is 11.3 Å². The van der Waals surface area contributed by atoms with Gasteiger partial charge in [0.25, 0.3) is 5.91 Å². The van der Waals surface area contributed by atoms with Gasteiger partial charge in [-0.15, -0.1) is 11.6 Å². The van der Waals surface area contributed by atoms with Crippen molar-refractivity contribution in [3.8, 4) is 11.5 Å². The van der Waals surface area contributed by atoms with Crippen molar-refractivity contribution >= 4 is 17.5 Å². The average molecular weight is 256 g/mol. The first-order chi connectivity index (χ1) is 8.16. The fraction of sp³-hybridized carbons (Fsp3) is 0.417. The molecule has 1 unspecified atom stereocenters. The summed E-state index contributed by atoms with van der Waals surface area (Å²) in [6, 6.07) is 5.14. The maximum Gasteiger partial charge on any atom is 0.251 e. The van der Waals surface area contributed by atoms with Crippen molar-refractivity contribution in [1.82, 2.24) is 5.32 Å². The lowest BCUT2D eigenvalue weighted by molar-refractivity contribution is 0.0952. The van der Waals surface area contributed by atoms with Crippen molar-refractivity contribution in [3.05, 3.63) is 23.8 Å². The third-order valence-corrected chi connectivity index (χ3v) is 2.50. The topological polar surface area (TPSA) is 47.6 Å². The summed E-state index contributed by atoms with van der Waals surface area (Å²) in [5.74, 6) is 1.14. The van der Waals surface area contributed by atoms with Gasteiger partial charge in [0.05, 0.1) is 0 Å². The highest BCUT2D eigenvalue weighted by atomic mass is 35.5. The molecule has 0 saturated carbocycles. The van der Waals surface area contributed by atoms with Crippen LogP contribution in [0.2, 0.25) is 0 Å². The van der Waals surface area contributed by atoms with Crippen molar-refractivity contribution in [1.29, 1.82) is 0 Å². The molecule has 4 nitrogen and oxygen atoms in total. The Morgan fingerprint density at radius 1 is 1.41 bits per heavy atom. The van der Waals surface area contributed by atoms with Crippen molar-refractivity contribution in [2.75, 3.05) is 19.8 Å². The highest BCUT2D eigenvalue weighted by Crippen LogP contribution is 2.30. The second-order valence-corrected chi connectivity index (χ2v) is 4.59. The van der Waals surface area contributed by atoms with Crippen LogP contribution in [0.5, 0.6) is 11.5 Å². The Balaban J connectivity index is 2.08. The first kappa shape index (κ1) is 12.0. The summed E-state index contributed by atoms with van der Waals surface area (Å²) in [5.41, 5.74) is 0.548. The van der Waals surface area contributed by atoms with Gasteiger partial charge < -0.3 is 14.8 Å². The quantitative estimate of drug-likeness (QED) is 0.838. The normalized spacial score (nSPS) is 15.2. The minimum Gasteiger partial charge on any atom is -0.486 e. The molecular weight excluding hydrogens is 242 g/mol. The Labute approximate surface area is 105 Å². The zero-order chi connectivity index (χ0) is 12.3. The van der Waals surface area contributed by atoms with Crippen molar-refractivity contribution in [2.24, 2.45) is 0 Å². The van der Waals surface area contributed by atoms with Gasteiger partial charge in [-0.2, -0.15) is 0 Å². The van der Waals surface area contributed by atoms with Crippen LogP contribution in [0.4, 0.5) is 0 Å². The SMILES string of the molecule is CC(Cl)CNC(=O)c1ccc2c(c1)OCCO2. The molecule has 1 heterocycles. The second kappa shape index (κ2) is 5.27. The minimum atomic E-state index is -0.158. The number of alkyl halides is 1. The van der Waals surface area contributed by atoms with Crippen LogP contribution in [-0.2, 0) is 0 Å². The molecule has 0 bridgehead atoms. The Bertz CT molecular complexity index is 420. The predicted molar refractivity (Wildman–Crippen MR) is 65.1 cm³/mol. The maximum atomic E-state index is 11.8. The maximum absolute atomic E-state index is 11.8. The number of benzene rings is 1. The molecule has 2 rings (SSSR count). The molecule has 0 saturated heterocycles. The van der Waals surface area contributed by atoms with E-state index in [0.717, 1.165) is 0 Å². The Morgan fingerprint density at radius 3 is 2.82 bits per heavy atom. The van der Waals surface area contributed by atoms with Crippen LogP contribution >= 0.6 is 11.6 Å². The summed E-state index contributed by atoms with van der Waals surface area (Å²) in [7, 11) is 0. The third kappa shape index (κ3) is 3.03. The van der Waals surface area contributed by atoms with E-state index in [1.165, 1.54) is 0 Å². The number of fused-ring (bicyclic) bond motifs is 1. The molecule has 1 N–H and O–H groups in total. The minimum absolute atomic E-state index is 0.0869. The van der Waals surface area contributed by atoms with E-state index < -0.39 is 0 Å². The molecule has 1 aromatic carbocycles. The molecule has 1 amide bonds. The molecule has 92 valence electrons. The average Bonchev–Trinajstić information content (AvgIpc) is 2.35. The molecule has 0 fully saturated rings. The van der Waals surface area contributed by atoms with Gasteiger partial charge in [0, 0.05) is 17.5 Å². The van der Waals surface area contributed by atoms with Crippen LogP contribution in [0.15, 0.2) is 18.2 Å². The summed E-state index contributed by atoms with van der Waals surface area (Å²) in [6.07, 6.45) is 0. The van der Waals surface area contributed by atoms with Gasteiger partial charge in [-0.05, 0) is 25.1 Å². The molecule has 1 aromatic rings. The number of rotatable bonds is 3. The number of hydrogen-bond acceptors (Lipinski definition) is 3. The summed E-state index contributed by atoms with van der Waals surface area (Å²) >= 11 is 5.77. The molecule has 0 spiro atoms. The molecule has 1 aliphatic rings. The van der Waals surface area contributed by atoms with Crippen molar-refractivity contribution in [3.63, 3.8) is 0 Å². The zero-order valence-corrected chi connectivity index (χ0v) is 10.3. The molecule has 1 aliphatic heterocycles. The van der Waals surface area contributed by atoms with Gasteiger partial charge in [0.2, 0.25) is 0 Å². The van der Waals surface area contributed by atoms with E-state index in [1.54, 1.807) is 18.2 Å². The smallest absolute Gasteiger partial charge is 0.251 e. The first-order valence-electron chi connectivity index (χ1n) is 5.49. The summed E-state index contributed by atoms with van der Waals surface area (Å²) < 4.78 is 10.8. The lowest BCUT2D eigenvalue weighted by Crippen LogP contribution is -2.28. The van der Waals surface area contributed by atoms with E-state index in [2.05, 4.69) is 5.32 Å². The standard InChI is InChI=1S/C12H14ClNO3/c1-8(13)7-14-12(15)9-2-3-10-11(6-9)17-5-4-16-10/h2-3,6,8H,4-5,7H2,1H3,(H,14,15). The highest BCUT2D eigenvalue weighted by molar-refractivity contribution is 6.20. The van der Waals surface area contributed by atoms with Gasteiger partial charge in [0.1, 0.15) is 13.2 Å². The number of ether oxygens (including phenoxy) is 2. The van der Waals surface area contributed by atoms with Gasteiger partial charge >= 0.3 is 0 Å². The highest BCUT2D eigenvalue weighted by Gasteiger charge is 2.14. The molecule has 0 aliphatic carbocycles.